The lowest BCUT2D eigenvalue weighted by atomic mass is 10.1. The number of amides is 1. The molecule has 162 valence electrons. The van der Waals surface area contributed by atoms with E-state index in [0.29, 0.717) is 5.75 Å². The Balaban J connectivity index is 1.47. The third-order valence-corrected chi connectivity index (χ3v) is 5.41. The number of rotatable bonds is 7. The molecule has 0 saturated heterocycles. The number of nitrogens with zero attached hydrogens (tertiary/aromatic N) is 2. The van der Waals surface area contributed by atoms with Crippen LogP contribution in [0.5, 0.6) is 5.75 Å². The number of fused-ring (bicyclic) bond motifs is 1. The first kappa shape index (κ1) is 21.4. The Morgan fingerprint density at radius 2 is 1.66 bits per heavy atom. The highest BCUT2D eigenvalue weighted by Crippen LogP contribution is 2.25. The van der Waals surface area contributed by atoms with Crippen LogP contribution in [-0.2, 0) is 11.3 Å². The zero-order chi connectivity index (χ0) is 22.5. The van der Waals surface area contributed by atoms with Crippen LogP contribution in [0.25, 0.3) is 10.9 Å². The number of hydrazone groups is 1. The maximum atomic E-state index is 12.2. The summed E-state index contributed by atoms with van der Waals surface area (Å²) in [6.45, 7) is 6.77. The van der Waals surface area contributed by atoms with E-state index in [1.54, 1.807) is 6.21 Å². The molecular weight excluding hydrogens is 398 g/mol. The van der Waals surface area contributed by atoms with Crippen molar-refractivity contribution >= 4 is 23.0 Å². The number of ether oxygens (including phenoxy) is 1. The van der Waals surface area contributed by atoms with Crippen molar-refractivity contribution in [2.75, 3.05) is 6.61 Å². The van der Waals surface area contributed by atoms with Crippen molar-refractivity contribution in [2.24, 2.45) is 5.10 Å². The highest BCUT2D eigenvalue weighted by Gasteiger charge is 2.13. The number of para-hydroxylation sites is 1. The van der Waals surface area contributed by atoms with Gasteiger partial charge >= 0.3 is 0 Å². The third kappa shape index (κ3) is 4.89. The van der Waals surface area contributed by atoms with Gasteiger partial charge in [0.05, 0.1) is 6.21 Å². The SMILES string of the molecule is Cc1cc(C)cc(OCC(=O)N/N=C/c2c(C)n(Cc3ccccc3)c3ccccc23)c1. The molecule has 5 heteroatoms. The van der Waals surface area contributed by atoms with Crippen LogP contribution in [0.2, 0.25) is 0 Å². The van der Waals surface area contributed by atoms with E-state index in [2.05, 4.69) is 52.3 Å². The molecule has 0 bridgehead atoms. The van der Waals surface area contributed by atoms with Gasteiger partial charge < -0.3 is 9.30 Å². The van der Waals surface area contributed by atoms with Gasteiger partial charge in [0.2, 0.25) is 0 Å². The predicted octanol–water partition coefficient (Wildman–Crippen LogP) is 5.14. The average Bonchev–Trinajstić information content (AvgIpc) is 3.04. The van der Waals surface area contributed by atoms with Crippen LogP contribution < -0.4 is 10.2 Å². The first-order valence-corrected chi connectivity index (χ1v) is 10.7. The maximum absolute atomic E-state index is 12.2. The summed E-state index contributed by atoms with van der Waals surface area (Å²) in [5.74, 6) is 0.382. The van der Waals surface area contributed by atoms with Crippen LogP contribution >= 0.6 is 0 Å². The van der Waals surface area contributed by atoms with Gasteiger partial charge in [-0.1, -0.05) is 54.6 Å². The van der Waals surface area contributed by atoms with E-state index in [1.807, 2.05) is 56.3 Å². The minimum atomic E-state index is -0.300. The molecule has 0 radical (unpaired) electrons. The van der Waals surface area contributed by atoms with Gasteiger partial charge in [-0.15, -0.1) is 0 Å². The van der Waals surface area contributed by atoms with E-state index in [4.69, 9.17) is 4.74 Å². The lowest BCUT2D eigenvalue weighted by molar-refractivity contribution is -0.123. The first-order chi connectivity index (χ1) is 15.5. The van der Waals surface area contributed by atoms with Crippen molar-refractivity contribution < 1.29 is 9.53 Å². The standard InChI is InChI=1S/C27H27N3O2/c1-19-13-20(2)15-23(14-19)32-18-27(31)29-28-16-25-21(3)30(17-22-9-5-4-6-10-22)26-12-8-7-11-24(25)26/h4-16H,17-18H2,1-3H3,(H,29,31)/b28-16+. The molecule has 1 aromatic heterocycles. The second-order valence-electron chi connectivity index (χ2n) is 7.99. The van der Waals surface area contributed by atoms with Gasteiger partial charge in [-0.2, -0.15) is 5.10 Å². The normalized spacial score (nSPS) is 11.2. The van der Waals surface area contributed by atoms with Crippen LogP contribution in [-0.4, -0.2) is 23.3 Å². The maximum Gasteiger partial charge on any atom is 0.277 e. The molecular formula is C27H27N3O2. The quantitative estimate of drug-likeness (QED) is 0.329. The molecule has 0 unspecified atom stereocenters. The fourth-order valence-corrected chi connectivity index (χ4v) is 3.96. The van der Waals surface area contributed by atoms with Gasteiger partial charge in [-0.25, -0.2) is 5.43 Å². The van der Waals surface area contributed by atoms with Crippen molar-refractivity contribution in [1.29, 1.82) is 0 Å². The molecule has 0 aliphatic heterocycles. The van der Waals surface area contributed by atoms with Crippen LogP contribution in [0.1, 0.15) is 27.9 Å². The third-order valence-electron chi connectivity index (χ3n) is 5.41. The largest absolute Gasteiger partial charge is 0.484 e. The summed E-state index contributed by atoms with van der Waals surface area (Å²) < 4.78 is 7.88. The Hall–Kier alpha value is -3.86. The molecule has 4 rings (SSSR count). The molecule has 1 amide bonds. The Morgan fingerprint density at radius 1 is 0.969 bits per heavy atom. The Morgan fingerprint density at radius 3 is 2.41 bits per heavy atom. The molecule has 0 aliphatic rings. The summed E-state index contributed by atoms with van der Waals surface area (Å²) in [4.78, 5) is 12.2. The second-order valence-corrected chi connectivity index (χ2v) is 7.99. The van der Waals surface area contributed by atoms with Crippen molar-refractivity contribution in [2.45, 2.75) is 27.3 Å². The topological polar surface area (TPSA) is 55.6 Å². The molecule has 1 N–H and O–H groups in total. The summed E-state index contributed by atoms with van der Waals surface area (Å²) >= 11 is 0. The smallest absolute Gasteiger partial charge is 0.277 e. The van der Waals surface area contributed by atoms with Crippen molar-refractivity contribution in [1.82, 2.24) is 9.99 Å². The molecule has 3 aromatic carbocycles. The summed E-state index contributed by atoms with van der Waals surface area (Å²) in [5.41, 5.74) is 9.23. The Labute approximate surface area is 188 Å². The van der Waals surface area contributed by atoms with Gasteiger partial charge in [0.25, 0.3) is 5.91 Å². The van der Waals surface area contributed by atoms with E-state index in [-0.39, 0.29) is 12.5 Å². The molecule has 0 saturated carbocycles. The molecule has 4 aromatic rings. The fourth-order valence-electron chi connectivity index (χ4n) is 3.96. The molecule has 1 heterocycles. The summed E-state index contributed by atoms with van der Waals surface area (Å²) in [6, 6.07) is 24.5. The van der Waals surface area contributed by atoms with Crippen LogP contribution in [0.15, 0.2) is 77.9 Å². The van der Waals surface area contributed by atoms with Gasteiger partial charge in [0.15, 0.2) is 6.61 Å². The number of hydrogen-bond donors (Lipinski definition) is 1. The van der Waals surface area contributed by atoms with E-state index >= 15 is 0 Å². The van der Waals surface area contributed by atoms with Gasteiger partial charge in [-0.3, -0.25) is 4.79 Å². The highest BCUT2D eigenvalue weighted by atomic mass is 16.5. The second kappa shape index (κ2) is 9.52. The monoisotopic (exact) mass is 425 g/mol. The summed E-state index contributed by atoms with van der Waals surface area (Å²) in [5, 5.41) is 5.30. The average molecular weight is 426 g/mol. The first-order valence-electron chi connectivity index (χ1n) is 10.7. The molecule has 5 nitrogen and oxygen atoms in total. The van der Waals surface area contributed by atoms with Crippen LogP contribution in [0.3, 0.4) is 0 Å². The molecule has 32 heavy (non-hydrogen) atoms. The lowest BCUT2D eigenvalue weighted by Gasteiger charge is -2.08. The van der Waals surface area contributed by atoms with Gasteiger partial charge in [-0.05, 0) is 55.7 Å². The molecule has 0 atom stereocenters. The minimum Gasteiger partial charge on any atom is -0.484 e. The van der Waals surface area contributed by atoms with E-state index < -0.39 is 0 Å². The van der Waals surface area contributed by atoms with Crippen LogP contribution in [0.4, 0.5) is 0 Å². The number of nitrogens with one attached hydrogen (secondary N) is 1. The molecule has 0 spiro atoms. The zero-order valence-corrected chi connectivity index (χ0v) is 18.6. The van der Waals surface area contributed by atoms with Crippen LogP contribution in [0, 0.1) is 20.8 Å². The number of aryl methyl sites for hydroxylation is 2. The Bertz CT molecular complexity index is 1250. The number of aromatic nitrogens is 1. The van der Waals surface area contributed by atoms with E-state index in [9.17, 15) is 4.79 Å². The van der Waals surface area contributed by atoms with Gasteiger partial charge in [0.1, 0.15) is 5.75 Å². The fraction of sp³-hybridized carbons (Fsp3) is 0.185. The van der Waals surface area contributed by atoms with Crippen molar-refractivity contribution in [3.05, 3.63) is 101 Å². The predicted molar refractivity (Wildman–Crippen MR) is 129 cm³/mol. The van der Waals surface area contributed by atoms with E-state index in [0.717, 1.165) is 39.8 Å². The highest BCUT2D eigenvalue weighted by molar-refractivity contribution is 6.01. The molecule has 0 fully saturated rings. The van der Waals surface area contributed by atoms with Crippen molar-refractivity contribution in [3.8, 4) is 5.75 Å². The number of hydrogen-bond acceptors (Lipinski definition) is 3. The van der Waals surface area contributed by atoms with Gasteiger partial charge in [0, 0.05) is 28.7 Å². The van der Waals surface area contributed by atoms with E-state index in [1.165, 1.54) is 5.56 Å². The number of benzene rings is 3. The number of carbonyl (C=O) groups is 1. The summed E-state index contributed by atoms with van der Waals surface area (Å²) in [6.07, 6.45) is 1.72. The lowest BCUT2D eigenvalue weighted by Crippen LogP contribution is -2.24. The summed E-state index contributed by atoms with van der Waals surface area (Å²) in [7, 11) is 0. The minimum absolute atomic E-state index is 0.0883. The Kier molecular flexibility index (Phi) is 6.36. The zero-order valence-electron chi connectivity index (χ0n) is 18.6. The number of carbonyl (C=O) groups excluding carboxylic acids is 1. The van der Waals surface area contributed by atoms with Crippen molar-refractivity contribution in [3.63, 3.8) is 0 Å². The molecule has 0 aliphatic carbocycles.